The molecule has 2 atom stereocenters. The van der Waals surface area contributed by atoms with E-state index in [4.69, 9.17) is 4.42 Å². The predicted molar refractivity (Wildman–Crippen MR) is 222 cm³/mol. The molecule has 1 fully saturated rings. The topological polar surface area (TPSA) is 19.6 Å². The summed E-state index contributed by atoms with van der Waals surface area (Å²) in [5.41, 5.74) is 19.8. The van der Waals surface area contributed by atoms with E-state index in [1.54, 1.807) is 5.56 Å². The monoisotopic (exact) mass is 682 g/mol. The molecule has 0 bridgehead atoms. The summed E-state index contributed by atoms with van der Waals surface area (Å²) < 4.78 is 6.82. The van der Waals surface area contributed by atoms with Crippen molar-refractivity contribution in [3.8, 4) is 11.1 Å². The first-order chi connectivity index (χ1) is 24.6. The van der Waals surface area contributed by atoms with Crippen molar-refractivity contribution in [1.29, 1.82) is 0 Å². The number of furan rings is 1. The molecular weight excluding hydrogens is 631 g/mol. The zero-order valence-corrected chi connectivity index (χ0v) is 32.7. The van der Waals surface area contributed by atoms with Gasteiger partial charge in [-0.15, -0.1) is 0 Å². The molecule has 0 amide bonds. The van der Waals surface area contributed by atoms with Crippen LogP contribution in [0.15, 0.2) is 83.3 Å². The van der Waals surface area contributed by atoms with Gasteiger partial charge in [0.15, 0.2) is 0 Å². The van der Waals surface area contributed by atoms with Crippen LogP contribution < -0.4 is 20.6 Å². The van der Waals surface area contributed by atoms with E-state index in [0.717, 1.165) is 11.2 Å². The molecule has 1 saturated carbocycles. The second-order valence-electron chi connectivity index (χ2n) is 19.1. The maximum Gasteiger partial charge on any atom is 0.333 e. The minimum atomic E-state index is -0.00534. The van der Waals surface area contributed by atoms with E-state index in [-0.39, 0.29) is 28.6 Å². The van der Waals surface area contributed by atoms with Crippen molar-refractivity contribution in [3.63, 3.8) is 0 Å². The van der Waals surface area contributed by atoms with Crippen molar-refractivity contribution in [2.45, 2.75) is 117 Å². The summed E-state index contributed by atoms with van der Waals surface area (Å²) in [6.07, 6.45) is 4.98. The Bertz CT molecular complexity index is 2530. The van der Waals surface area contributed by atoms with Crippen molar-refractivity contribution in [1.82, 2.24) is 0 Å². The van der Waals surface area contributed by atoms with Gasteiger partial charge < -0.3 is 14.1 Å². The Morgan fingerprint density at radius 2 is 1.44 bits per heavy atom. The molecule has 3 aliphatic heterocycles. The van der Waals surface area contributed by atoms with Gasteiger partial charge in [0.05, 0.1) is 10.9 Å². The van der Waals surface area contributed by atoms with Gasteiger partial charge in [-0.25, -0.2) is 0 Å². The number of anilines is 4. The molecule has 0 N–H and O–H groups in total. The van der Waals surface area contributed by atoms with E-state index in [1.807, 2.05) is 0 Å². The smallest absolute Gasteiger partial charge is 0.333 e. The van der Waals surface area contributed by atoms with Crippen molar-refractivity contribution >= 4 is 62.5 Å². The summed E-state index contributed by atoms with van der Waals surface area (Å²) in [6, 6.07) is 30.7. The van der Waals surface area contributed by atoms with Gasteiger partial charge in [-0.2, -0.15) is 0 Å². The molecule has 10 rings (SSSR count). The second kappa shape index (κ2) is 10.2. The minimum absolute atomic E-state index is 0.00301. The van der Waals surface area contributed by atoms with E-state index >= 15 is 0 Å². The first-order valence-corrected chi connectivity index (χ1v) is 19.6. The molecule has 4 heteroatoms. The molecule has 262 valence electrons. The third-order valence-corrected chi connectivity index (χ3v) is 13.8. The van der Waals surface area contributed by atoms with Gasteiger partial charge in [-0.3, -0.25) is 0 Å². The summed E-state index contributed by atoms with van der Waals surface area (Å²) in [7, 11) is 0. The van der Waals surface area contributed by atoms with Crippen molar-refractivity contribution in [3.05, 3.63) is 107 Å². The van der Waals surface area contributed by atoms with Gasteiger partial charge in [0.25, 0.3) is 0 Å². The molecule has 1 aliphatic carbocycles. The summed E-state index contributed by atoms with van der Waals surface area (Å²) in [5, 5.41) is 2.40. The summed E-state index contributed by atoms with van der Waals surface area (Å²) in [4.78, 5) is 5.58. The SMILES string of the molecule is Cc1cc2c3c(c1)N1c4c(cc(C(C)(C)C)cc4C4(C)CCCCC14C)B3N(c1ccccc1C)c1c-2ccc2oc3cc(C(C)(C)C)ccc3c12. The number of hydrogen-bond donors (Lipinski definition) is 0. The average molecular weight is 683 g/mol. The third-order valence-electron chi connectivity index (χ3n) is 13.8. The highest BCUT2D eigenvalue weighted by atomic mass is 16.3. The van der Waals surface area contributed by atoms with Gasteiger partial charge in [0, 0.05) is 39.1 Å². The largest absolute Gasteiger partial charge is 0.456 e. The Morgan fingerprint density at radius 1 is 0.692 bits per heavy atom. The van der Waals surface area contributed by atoms with Crippen LogP contribution in [0.2, 0.25) is 0 Å². The minimum Gasteiger partial charge on any atom is -0.456 e. The molecule has 6 aromatic rings. The van der Waals surface area contributed by atoms with E-state index in [9.17, 15) is 0 Å². The second-order valence-corrected chi connectivity index (χ2v) is 19.1. The molecule has 0 radical (unpaired) electrons. The Labute approximate surface area is 310 Å². The van der Waals surface area contributed by atoms with Crippen LogP contribution in [0.4, 0.5) is 22.7 Å². The lowest BCUT2D eigenvalue weighted by molar-refractivity contribution is 0.195. The first kappa shape index (κ1) is 32.2. The normalized spacial score (nSPS) is 21.8. The molecule has 3 nitrogen and oxygen atoms in total. The molecule has 0 saturated heterocycles. The highest BCUT2D eigenvalue weighted by Gasteiger charge is 2.62. The highest BCUT2D eigenvalue weighted by molar-refractivity contribution is 6.94. The number of nitrogens with zero attached hydrogens (tertiary/aromatic N) is 2. The molecule has 4 heterocycles. The molecule has 0 spiro atoms. The molecule has 2 unspecified atom stereocenters. The van der Waals surface area contributed by atoms with Gasteiger partial charge >= 0.3 is 6.85 Å². The van der Waals surface area contributed by atoms with Gasteiger partial charge in [-0.05, 0) is 119 Å². The van der Waals surface area contributed by atoms with Crippen LogP contribution in [0, 0.1) is 13.8 Å². The number of rotatable bonds is 1. The fourth-order valence-corrected chi connectivity index (χ4v) is 10.8. The maximum absolute atomic E-state index is 6.82. The standard InChI is InChI=1S/C48H51BN2O/c1-28-23-34-32-19-20-39-41(33-18-17-30(45(3,4)5)27-40(33)52-39)43(32)51(37-16-12-11-15-29(37)2)49-36-26-31(46(6,7)8)25-35-44(36)50(38(24-28)42(34)49)48(10)22-14-13-21-47(35,48)9/h11-12,15-20,23-27H,13-14,21-22H2,1-10H3. The average Bonchev–Trinajstić information content (AvgIpc) is 3.56. The van der Waals surface area contributed by atoms with Crippen LogP contribution in [0.25, 0.3) is 33.1 Å². The molecular formula is C48H51BN2O. The van der Waals surface area contributed by atoms with Gasteiger partial charge in [0.1, 0.15) is 11.2 Å². The van der Waals surface area contributed by atoms with Crippen molar-refractivity contribution in [2.75, 3.05) is 9.71 Å². The number of fused-ring (bicyclic) bond motifs is 11. The summed E-state index contributed by atoms with van der Waals surface area (Å²) >= 11 is 0. The fraction of sp³-hybridized carbons (Fsp3) is 0.375. The fourth-order valence-electron chi connectivity index (χ4n) is 10.8. The van der Waals surface area contributed by atoms with Gasteiger partial charge in [0.2, 0.25) is 0 Å². The maximum atomic E-state index is 6.82. The van der Waals surface area contributed by atoms with Crippen molar-refractivity contribution < 1.29 is 4.42 Å². The Hall–Kier alpha value is -4.44. The summed E-state index contributed by atoms with van der Waals surface area (Å²) in [5.74, 6) is 0. The number of aryl methyl sites for hydroxylation is 2. The Balaban J connectivity index is 1.39. The molecule has 1 aromatic heterocycles. The molecule has 5 aromatic carbocycles. The van der Waals surface area contributed by atoms with Crippen molar-refractivity contribution in [2.24, 2.45) is 0 Å². The molecule has 4 aliphatic rings. The summed E-state index contributed by atoms with van der Waals surface area (Å²) in [6.45, 7) is 23.8. The quantitative estimate of drug-likeness (QED) is 0.161. The Morgan fingerprint density at radius 3 is 2.19 bits per heavy atom. The zero-order valence-electron chi connectivity index (χ0n) is 32.7. The lowest BCUT2D eigenvalue weighted by Crippen LogP contribution is -2.64. The lowest BCUT2D eigenvalue weighted by atomic mass is 9.43. The highest BCUT2D eigenvalue weighted by Crippen LogP contribution is 2.63. The van der Waals surface area contributed by atoms with E-state index in [1.165, 1.54) is 104 Å². The van der Waals surface area contributed by atoms with E-state index in [2.05, 4.69) is 158 Å². The number of benzene rings is 5. The third kappa shape index (κ3) is 3.99. The van der Waals surface area contributed by atoms with Crippen LogP contribution in [0.3, 0.4) is 0 Å². The lowest BCUT2D eigenvalue weighted by Gasteiger charge is -2.53. The number of para-hydroxylation sites is 1. The zero-order chi connectivity index (χ0) is 36.3. The predicted octanol–water partition coefficient (Wildman–Crippen LogP) is 11.8. The van der Waals surface area contributed by atoms with Gasteiger partial charge in [-0.1, -0.05) is 110 Å². The van der Waals surface area contributed by atoms with Crippen LogP contribution in [0.5, 0.6) is 0 Å². The Kier molecular flexibility index (Phi) is 6.30. The van der Waals surface area contributed by atoms with E-state index < -0.39 is 0 Å². The molecule has 52 heavy (non-hydrogen) atoms. The number of hydrogen-bond acceptors (Lipinski definition) is 3. The first-order valence-electron chi connectivity index (χ1n) is 19.6. The van der Waals surface area contributed by atoms with Crippen LogP contribution in [0.1, 0.15) is 109 Å². The van der Waals surface area contributed by atoms with Crippen LogP contribution in [-0.2, 0) is 16.2 Å². The van der Waals surface area contributed by atoms with E-state index in [0.29, 0.717) is 0 Å². The van der Waals surface area contributed by atoms with Crippen LogP contribution >= 0.6 is 0 Å². The van der Waals surface area contributed by atoms with Crippen LogP contribution in [-0.4, -0.2) is 12.4 Å².